The zero-order chi connectivity index (χ0) is 21.9. The van der Waals surface area contributed by atoms with E-state index in [1.54, 1.807) is 24.3 Å². The van der Waals surface area contributed by atoms with Crippen LogP contribution >= 0.6 is 11.6 Å². The lowest BCUT2D eigenvalue weighted by Gasteiger charge is -2.20. The number of methoxy groups -OCH3 is 1. The molecule has 0 bridgehead atoms. The Morgan fingerprint density at radius 3 is 2.27 bits per heavy atom. The fourth-order valence-electron chi connectivity index (χ4n) is 2.66. The lowest BCUT2D eigenvalue weighted by Crippen LogP contribution is -2.27. The summed E-state index contributed by atoms with van der Waals surface area (Å²) in [5.41, 5.74) is 0.745. The fourth-order valence-corrected chi connectivity index (χ4v) is 4.09. The van der Waals surface area contributed by atoms with E-state index in [0.29, 0.717) is 17.1 Å². The summed E-state index contributed by atoms with van der Waals surface area (Å²) < 4.78 is 45.3. The second-order valence-corrected chi connectivity index (χ2v) is 8.65. The van der Waals surface area contributed by atoms with Crippen molar-refractivity contribution < 1.29 is 22.3 Å². The second kappa shape index (κ2) is 8.73. The highest BCUT2D eigenvalue weighted by atomic mass is 35.5. The van der Waals surface area contributed by atoms with Crippen molar-refractivity contribution in [3.05, 3.63) is 83.1 Å². The predicted octanol–water partition coefficient (Wildman–Crippen LogP) is 4.57. The van der Waals surface area contributed by atoms with E-state index in [1.165, 1.54) is 56.6 Å². The molecule has 0 aliphatic heterocycles. The molecule has 6 nitrogen and oxygen atoms in total. The summed E-state index contributed by atoms with van der Waals surface area (Å²) in [5, 5.41) is 2.65. The summed E-state index contributed by atoms with van der Waals surface area (Å²) in [6.45, 7) is 0. The van der Waals surface area contributed by atoms with Gasteiger partial charge in [0.15, 0.2) is 0 Å². The maximum atomic E-state index is 13.0. The summed E-state index contributed by atoms with van der Waals surface area (Å²) in [5.74, 6) is -0.466. The number of anilines is 2. The van der Waals surface area contributed by atoms with E-state index in [2.05, 4.69) is 5.32 Å². The van der Waals surface area contributed by atoms with Gasteiger partial charge < -0.3 is 10.1 Å². The molecule has 0 heterocycles. The standard InChI is InChI=1S/C21H18ClFN2O4S/c1-25(16-7-9-17(29-2)10-8-16)30(27,28)18-11-12-20(22)19(13-18)21(26)24-15-5-3-14(23)4-6-15/h3-13H,1-2H3,(H,24,26). The first kappa shape index (κ1) is 21.6. The van der Waals surface area contributed by atoms with Crippen LogP contribution in [0.15, 0.2) is 71.6 Å². The number of hydrogen-bond donors (Lipinski definition) is 1. The van der Waals surface area contributed by atoms with Crippen LogP contribution in [0, 0.1) is 5.82 Å². The van der Waals surface area contributed by atoms with Crippen LogP contribution in [0.4, 0.5) is 15.8 Å². The van der Waals surface area contributed by atoms with E-state index >= 15 is 0 Å². The number of ether oxygens (including phenoxy) is 1. The minimum atomic E-state index is -3.96. The van der Waals surface area contributed by atoms with Crippen molar-refractivity contribution in [1.82, 2.24) is 0 Å². The molecule has 0 saturated heterocycles. The average Bonchev–Trinajstić information content (AvgIpc) is 2.75. The highest BCUT2D eigenvalue weighted by Crippen LogP contribution is 2.27. The van der Waals surface area contributed by atoms with Gasteiger partial charge in [-0.25, -0.2) is 12.8 Å². The molecule has 0 spiro atoms. The first-order valence-electron chi connectivity index (χ1n) is 8.72. The summed E-state index contributed by atoms with van der Waals surface area (Å²) in [7, 11) is -1.04. The fraction of sp³-hybridized carbons (Fsp3) is 0.0952. The van der Waals surface area contributed by atoms with Crippen molar-refractivity contribution in [2.24, 2.45) is 0 Å². The van der Waals surface area contributed by atoms with E-state index in [9.17, 15) is 17.6 Å². The third kappa shape index (κ3) is 4.55. The van der Waals surface area contributed by atoms with Gasteiger partial charge >= 0.3 is 0 Å². The van der Waals surface area contributed by atoms with E-state index in [1.807, 2.05) is 0 Å². The first-order valence-corrected chi connectivity index (χ1v) is 10.5. The molecule has 0 aromatic heterocycles. The number of halogens is 2. The lowest BCUT2D eigenvalue weighted by molar-refractivity contribution is 0.102. The Labute approximate surface area is 178 Å². The molecule has 3 aromatic carbocycles. The van der Waals surface area contributed by atoms with Crippen molar-refractivity contribution >= 4 is 38.9 Å². The van der Waals surface area contributed by atoms with Crippen molar-refractivity contribution in [3.8, 4) is 5.75 Å². The summed E-state index contributed by atoms with van der Waals surface area (Å²) in [4.78, 5) is 12.5. The Morgan fingerprint density at radius 1 is 1.03 bits per heavy atom. The van der Waals surface area contributed by atoms with Gasteiger partial charge in [-0.2, -0.15) is 0 Å². The number of nitrogens with zero attached hydrogens (tertiary/aromatic N) is 1. The average molecular weight is 449 g/mol. The molecule has 3 aromatic rings. The zero-order valence-electron chi connectivity index (χ0n) is 16.1. The van der Waals surface area contributed by atoms with E-state index in [-0.39, 0.29) is 15.5 Å². The highest BCUT2D eigenvalue weighted by molar-refractivity contribution is 7.92. The molecule has 0 unspecified atom stereocenters. The Balaban J connectivity index is 1.90. The van der Waals surface area contributed by atoms with Gasteiger partial charge in [-0.05, 0) is 66.7 Å². The minimum absolute atomic E-state index is 0.0230. The Hall–Kier alpha value is -3.10. The summed E-state index contributed by atoms with van der Waals surface area (Å²) in [6.07, 6.45) is 0. The smallest absolute Gasteiger partial charge is 0.264 e. The number of carbonyl (C=O) groups excluding carboxylic acids is 1. The highest BCUT2D eigenvalue weighted by Gasteiger charge is 2.24. The molecule has 0 saturated carbocycles. The van der Waals surface area contributed by atoms with Gasteiger partial charge in [-0.15, -0.1) is 0 Å². The largest absolute Gasteiger partial charge is 0.497 e. The maximum Gasteiger partial charge on any atom is 0.264 e. The third-order valence-corrected chi connectivity index (χ3v) is 6.49. The normalized spacial score (nSPS) is 11.1. The number of carbonyl (C=O) groups is 1. The topological polar surface area (TPSA) is 75.7 Å². The van der Waals surface area contributed by atoms with Crippen molar-refractivity contribution in [1.29, 1.82) is 0 Å². The Bertz CT molecular complexity index is 1170. The van der Waals surface area contributed by atoms with Gasteiger partial charge in [0.05, 0.1) is 28.3 Å². The van der Waals surface area contributed by atoms with Crippen LogP contribution in [0.3, 0.4) is 0 Å². The Morgan fingerprint density at radius 2 is 1.67 bits per heavy atom. The predicted molar refractivity (Wildman–Crippen MR) is 114 cm³/mol. The van der Waals surface area contributed by atoms with Gasteiger partial charge in [-0.3, -0.25) is 9.10 Å². The Kier molecular flexibility index (Phi) is 6.28. The number of amides is 1. The van der Waals surface area contributed by atoms with Gasteiger partial charge in [0.2, 0.25) is 0 Å². The zero-order valence-corrected chi connectivity index (χ0v) is 17.7. The number of benzene rings is 3. The van der Waals surface area contributed by atoms with Crippen LogP contribution in [0.25, 0.3) is 0 Å². The number of hydrogen-bond acceptors (Lipinski definition) is 4. The van der Waals surface area contributed by atoms with Crippen molar-refractivity contribution in [2.45, 2.75) is 4.90 Å². The van der Waals surface area contributed by atoms with Crippen molar-refractivity contribution in [3.63, 3.8) is 0 Å². The van der Waals surface area contributed by atoms with Crippen LogP contribution in [0.1, 0.15) is 10.4 Å². The molecule has 30 heavy (non-hydrogen) atoms. The molecule has 1 N–H and O–H groups in total. The lowest BCUT2D eigenvalue weighted by atomic mass is 10.2. The van der Waals surface area contributed by atoms with Crippen molar-refractivity contribution in [2.75, 3.05) is 23.8 Å². The minimum Gasteiger partial charge on any atom is -0.497 e. The molecule has 0 aliphatic rings. The van der Waals surface area contributed by atoms with E-state index < -0.39 is 21.7 Å². The van der Waals surface area contributed by atoms with Gasteiger partial charge in [0.25, 0.3) is 15.9 Å². The second-order valence-electron chi connectivity index (χ2n) is 6.27. The molecule has 3 rings (SSSR count). The van der Waals surface area contributed by atoms with Crippen LogP contribution in [0.2, 0.25) is 5.02 Å². The van der Waals surface area contributed by atoms with Gasteiger partial charge in [-0.1, -0.05) is 11.6 Å². The van der Waals surface area contributed by atoms with Gasteiger partial charge in [0.1, 0.15) is 11.6 Å². The number of sulfonamides is 1. The molecule has 0 fully saturated rings. The molecule has 0 atom stereocenters. The molecule has 9 heteroatoms. The van der Waals surface area contributed by atoms with Crippen LogP contribution in [0.5, 0.6) is 5.75 Å². The molecule has 1 amide bonds. The summed E-state index contributed by atoms with van der Waals surface area (Å²) in [6, 6.07) is 15.5. The summed E-state index contributed by atoms with van der Waals surface area (Å²) >= 11 is 6.12. The van der Waals surface area contributed by atoms with Gasteiger partial charge in [0, 0.05) is 12.7 Å². The maximum absolute atomic E-state index is 13.0. The molecular weight excluding hydrogens is 431 g/mol. The van der Waals surface area contributed by atoms with E-state index in [0.717, 1.165) is 4.31 Å². The van der Waals surface area contributed by atoms with Crippen LogP contribution < -0.4 is 14.4 Å². The number of nitrogens with one attached hydrogen (secondary N) is 1. The molecule has 156 valence electrons. The quantitative estimate of drug-likeness (QED) is 0.599. The number of rotatable bonds is 6. The van der Waals surface area contributed by atoms with Crippen LogP contribution in [-0.2, 0) is 10.0 Å². The molecule has 0 radical (unpaired) electrons. The first-order chi connectivity index (χ1) is 14.2. The monoisotopic (exact) mass is 448 g/mol. The SMILES string of the molecule is COc1ccc(N(C)S(=O)(=O)c2ccc(Cl)c(C(=O)Nc3ccc(F)cc3)c2)cc1. The molecular formula is C21H18ClFN2O4S. The third-order valence-electron chi connectivity index (χ3n) is 4.38. The van der Waals surface area contributed by atoms with E-state index in [4.69, 9.17) is 16.3 Å². The van der Waals surface area contributed by atoms with Crippen LogP contribution in [-0.4, -0.2) is 28.5 Å². The molecule has 0 aliphatic carbocycles.